The van der Waals surface area contributed by atoms with Crippen molar-refractivity contribution < 1.29 is 30.6 Å². The molecule has 0 bridgehead atoms. The molecule has 11 aromatic rings. The number of nitrogens with zero attached hydrogens (tertiary/aromatic N) is 3. The molecule has 0 atom stereocenters. The minimum absolute atomic E-state index is 0. The van der Waals surface area contributed by atoms with Crippen molar-refractivity contribution in [1.82, 2.24) is 14.5 Å². The molecule has 0 unspecified atom stereocenters. The molecule has 0 saturated carbocycles. The van der Waals surface area contributed by atoms with Crippen molar-refractivity contribution in [3.8, 4) is 67.5 Å². The first-order valence-electron chi connectivity index (χ1n) is 26.7. The van der Waals surface area contributed by atoms with Crippen LogP contribution in [0.5, 0.6) is 5.75 Å². The molecule has 0 spiro atoms. The maximum absolute atomic E-state index is 12.8. The van der Waals surface area contributed by atoms with Crippen molar-refractivity contribution in [3.05, 3.63) is 192 Å². The summed E-state index contributed by atoms with van der Waals surface area (Å²) >= 11 is 0. The van der Waals surface area contributed by atoms with Gasteiger partial charge in [-0.15, -0.1) is 12.1 Å². The molecule has 0 amide bonds. The first kappa shape index (κ1) is 52.4. The first-order chi connectivity index (χ1) is 35.7. The van der Waals surface area contributed by atoms with Gasteiger partial charge in [-0.2, -0.15) is 0 Å². The predicted molar refractivity (Wildman–Crippen MR) is 316 cm³/mol. The van der Waals surface area contributed by atoms with Crippen LogP contribution < -0.4 is 0 Å². The van der Waals surface area contributed by atoms with Gasteiger partial charge >= 0.3 is 0 Å². The molecule has 386 valence electrons. The second-order valence-electron chi connectivity index (χ2n) is 24.3. The number of aromatic hydroxyl groups is 1. The smallest absolute Gasteiger partial charge is 0.148 e. The molecule has 0 aliphatic carbocycles. The van der Waals surface area contributed by atoms with Gasteiger partial charge < -0.3 is 9.52 Å². The van der Waals surface area contributed by atoms with E-state index in [-0.39, 0.29) is 43.1 Å². The van der Waals surface area contributed by atoms with Gasteiger partial charge in [-0.1, -0.05) is 222 Å². The van der Waals surface area contributed by atoms with E-state index >= 15 is 0 Å². The minimum Gasteiger partial charge on any atom is -0.507 e. The zero-order valence-electron chi connectivity index (χ0n) is 46.2. The number of furan rings is 1. The molecule has 3 aromatic heterocycles. The number of hydrogen-bond acceptors (Lipinski definition) is 4. The molecular formula is C70H68N3O2Pt-. The normalized spacial score (nSPS) is 12.5. The van der Waals surface area contributed by atoms with Crippen LogP contribution >= 0.6 is 0 Å². The van der Waals surface area contributed by atoms with Crippen LogP contribution in [0.4, 0.5) is 0 Å². The number of imidazole rings is 1. The molecule has 6 heteroatoms. The van der Waals surface area contributed by atoms with Crippen molar-refractivity contribution in [2.75, 3.05) is 0 Å². The molecule has 3 heterocycles. The Labute approximate surface area is 463 Å². The number of para-hydroxylation sites is 1. The Morgan fingerprint density at radius 2 is 1.22 bits per heavy atom. The molecule has 0 radical (unpaired) electrons. The summed E-state index contributed by atoms with van der Waals surface area (Å²) < 4.78 is 9.47. The fraction of sp³-hybridized carbons (Fsp3) is 0.257. The maximum atomic E-state index is 12.8. The largest absolute Gasteiger partial charge is 0.507 e. The Balaban J connectivity index is 0.00000657. The summed E-state index contributed by atoms with van der Waals surface area (Å²) in [5.74, 6) is 1.54. The van der Waals surface area contributed by atoms with Crippen molar-refractivity contribution >= 4 is 43.7 Å². The van der Waals surface area contributed by atoms with E-state index in [1.165, 1.54) is 22.3 Å². The fourth-order valence-corrected chi connectivity index (χ4v) is 11.1. The van der Waals surface area contributed by atoms with E-state index in [2.05, 4.69) is 252 Å². The van der Waals surface area contributed by atoms with E-state index in [0.717, 1.165) is 99.6 Å². The number of pyridine rings is 1. The van der Waals surface area contributed by atoms with Gasteiger partial charge in [0.2, 0.25) is 0 Å². The summed E-state index contributed by atoms with van der Waals surface area (Å²) in [6, 6.07) is 58.3. The quantitative estimate of drug-likeness (QED) is 0.154. The standard InChI is InChI=1S/C70H68N3O2.Pt/c1-41(2)49-25-19-26-50(42(3)4)62(49)45-33-34-71-59(37-45)46-35-55(66-56(36-46)53-31-29-44-23-17-18-24-51(44)65(53)75-66)52-27-20-28-61-63(52)72-67(57-39-48(69(8,9)10)40-58(64(57)74)70(11,12)13)73(61)60-32-30-47(68(5,6)7)38-54(60)43-21-15-14-16-22-43;/h14-34,36-42,74H,1-13H3;/q-1;. The van der Waals surface area contributed by atoms with Crippen LogP contribution in [-0.2, 0) is 37.3 Å². The first-order valence-corrected chi connectivity index (χ1v) is 26.7. The van der Waals surface area contributed by atoms with Gasteiger partial charge in [0.25, 0.3) is 0 Å². The van der Waals surface area contributed by atoms with E-state index in [0.29, 0.717) is 23.2 Å². The number of phenols is 1. The van der Waals surface area contributed by atoms with E-state index in [1.807, 2.05) is 6.20 Å². The zero-order valence-corrected chi connectivity index (χ0v) is 48.5. The number of phenolic OH excluding ortho intramolecular Hbond substituents is 1. The number of benzene rings is 8. The summed E-state index contributed by atoms with van der Waals surface area (Å²) in [4.78, 5) is 10.9. The molecule has 0 saturated heterocycles. The Kier molecular flexibility index (Phi) is 13.4. The summed E-state index contributed by atoms with van der Waals surface area (Å²) in [6.45, 7) is 29.1. The van der Waals surface area contributed by atoms with Crippen LogP contribution in [0, 0.1) is 6.07 Å². The molecule has 5 nitrogen and oxygen atoms in total. The second kappa shape index (κ2) is 19.5. The third-order valence-corrected chi connectivity index (χ3v) is 15.3. The molecule has 1 N–H and O–H groups in total. The van der Waals surface area contributed by atoms with Gasteiger partial charge in [-0.3, -0.25) is 9.55 Å². The van der Waals surface area contributed by atoms with Crippen molar-refractivity contribution in [3.63, 3.8) is 0 Å². The molecule has 0 aliphatic heterocycles. The number of aromatic nitrogens is 3. The van der Waals surface area contributed by atoms with Crippen molar-refractivity contribution in [2.24, 2.45) is 0 Å². The van der Waals surface area contributed by atoms with Crippen LogP contribution in [0.15, 0.2) is 162 Å². The SMILES string of the molecule is CC(C)c1cccc(C(C)C)c1-c1ccnc(-c2[c-]c(-c3cccc4c3nc(-c3cc(C(C)(C)C)cc(C(C)(C)C)c3O)n4-c3ccc(C(C)(C)C)cc3-c3ccccc3)c3oc4c5ccccc5ccc4c3c2)c1.[Pt]. The second-order valence-corrected chi connectivity index (χ2v) is 24.3. The van der Waals surface area contributed by atoms with Crippen LogP contribution in [0.3, 0.4) is 0 Å². The molecular weight excluding hydrogens is 1110 g/mol. The summed E-state index contributed by atoms with van der Waals surface area (Å²) in [5, 5.41) is 16.9. The van der Waals surface area contributed by atoms with Gasteiger partial charge in [-0.25, -0.2) is 4.98 Å². The maximum Gasteiger partial charge on any atom is 0.148 e. The van der Waals surface area contributed by atoms with Gasteiger partial charge in [0, 0.05) is 54.9 Å². The van der Waals surface area contributed by atoms with Gasteiger partial charge in [-0.05, 0) is 108 Å². The monoisotopic (exact) mass is 1180 g/mol. The number of hydrogen-bond donors (Lipinski definition) is 1. The van der Waals surface area contributed by atoms with Gasteiger partial charge in [0.05, 0.1) is 27.9 Å². The van der Waals surface area contributed by atoms with E-state index in [4.69, 9.17) is 14.4 Å². The van der Waals surface area contributed by atoms with E-state index in [9.17, 15) is 5.11 Å². The molecule has 76 heavy (non-hydrogen) atoms. The third kappa shape index (κ3) is 9.19. The van der Waals surface area contributed by atoms with Crippen LogP contribution in [0.2, 0.25) is 0 Å². The molecule has 8 aromatic carbocycles. The number of fused-ring (bicyclic) bond motifs is 6. The van der Waals surface area contributed by atoms with E-state index in [1.54, 1.807) is 0 Å². The third-order valence-electron chi connectivity index (χ3n) is 15.3. The molecule has 0 fully saturated rings. The van der Waals surface area contributed by atoms with Crippen LogP contribution in [-0.4, -0.2) is 19.6 Å². The molecule has 0 aliphatic rings. The van der Waals surface area contributed by atoms with Crippen molar-refractivity contribution in [1.29, 1.82) is 0 Å². The zero-order chi connectivity index (χ0) is 52.9. The van der Waals surface area contributed by atoms with Gasteiger partial charge in [0.1, 0.15) is 17.2 Å². The average molecular weight is 1180 g/mol. The van der Waals surface area contributed by atoms with Crippen molar-refractivity contribution in [2.45, 2.75) is 118 Å². The topological polar surface area (TPSA) is 64.1 Å². The average Bonchev–Trinajstić information content (AvgIpc) is 4.10. The van der Waals surface area contributed by atoms with Crippen LogP contribution in [0.1, 0.15) is 130 Å². The summed E-state index contributed by atoms with van der Waals surface area (Å²) in [5.41, 5.74) is 17.9. The van der Waals surface area contributed by atoms with Crippen LogP contribution in [0.25, 0.3) is 105 Å². The number of rotatable bonds is 8. The summed E-state index contributed by atoms with van der Waals surface area (Å²) in [6.07, 6.45) is 1.94. The Bertz CT molecular complexity index is 4000. The minimum atomic E-state index is -0.364. The Morgan fingerprint density at radius 3 is 1.91 bits per heavy atom. The van der Waals surface area contributed by atoms with E-state index < -0.39 is 0 Å². The Morgan fingerprint density at radius 1 is 0.553 bits per heavy atom. The molecule has 11 rings (SSSR count). The fourth-order valence-electron chi connectivity index (χ4n) is 11.1. The predicted octanol–water partition coefficient (Wildman–Crippen LogP) is 19.5. The Hall–Kier alpha value is -7.07. The summed E-state index contributed by atoms with van der Waals surface area (Å²) in [7, 11) is 0. The van der Waals surface area contributed by atoms with Gasteiger partial charge in [0.15, 0.2) is 0 Å².